The summed E-state index contributed by atoms with van der Waals surface area (Å²) in [5.74, 6) is 0.857. The van der Waals surface area contributed by atoms with Crippen molar-refractivity contribution in [3.05, 3.63) is 57.8 Å². The van der Waals surface area contributed by atoms with Crippen molar-refractivity contribution in [2.45, 2.75) is 19.4 Å². The number of amides is 1. The number of rotatable bonds is 3. The normalized spacial score (nSPS) is 17.5. The van der Waals surface area contributed by atoms with E-state index in [1.54, 1.807) is 24.5 Å². The third-order valence-corrected chi connectivity index (χ3v) is 5.07. The molecule has 1 aliphatic rings. The van der Waals surface area contributed by atoms with Gasteiger partial charge in [-0.3, -0.25) is 4.79 Å². The van der Waals surface area contributed by atoms with Gasteiger partial charge in [0.05, 0.1) is 13.2 Å². The molecule has 1 amide bonds. The lowest BCUT2D eigenvalue weighted by molar-refractivity contribution is -0.128. The van der Waals surface area contributed by atoms with Gasteiger partial charge in [-0.1, -0.05) is 12.1 Å². The first-order chi connectivity index (χ1) is 10.7. The monoisotopic (exact) mass is 313 g/mol. The summed E-state index contributed by atoms with van der Waals surface area (Å²) in [6, 6.07) is 9.98. The number of nitrogens with zero attached hydrogens (tertiary/aromatic N) is 1. The lowest BCUT2D eigenvalue weighted by Crippen LogP contribution is -2.37. The molecule has 0 aliphatic carbocycles. The van der Waals surface area contributed by atoms with Crippen molar-refractivity contribution in [1.82, 2.24) is 4.90 Å². The fourth-order valence-corrected chi connectivity index (χ4v) is 3.78. The number of hydrogen-bond donors (Lipinski definition) is 0. The van der Waals surface area contributed by atoms with Crippen molar-refractivity contribution in [3.63, 3.8) is 0 Å². The molecule has 3 nitrogen and oxygen atoms in total. The molecule has 1 unspecified atom stereocenters. The number of ether oxygens (including phenoxy) is 1. The number of carbonyl (C=O) groups is 1. The second kappa shape index (κ2) is 6.36. The smallest absolute Gasteiger partial charge is 0.247 e. The van der Waals surface area contributed by atoms with Crippen LogP contribution in [0.15, 0.2) is 41.8 Å². The standard InChI is InChI=1S/C18H19NO2S/c1-13-16-9-11-22-17(16)8-10-19(13)18(20)7-6-14-4-3-5-15(12-14)21-2/h3-7,9,11-13H,8,10H2,1-2H3. The topological polar surface area (TPSA) is 29.5 Å². The molecule has 0 radical (unpaired) electrons. The molecule has 2 heterocycles. The van der Waals surface area contributed by atoms with Gasteiger partial charge in [0.2, 0.25) is 5.91 Å². The van der Waals surface area contributed by atoms with Crippen LogP contribution in [0.25, 0.3) is 6.08 Å². The van der Waals surface area contributed by atoms with Crippen molar-refractivity contribution >= 4 is 23.3 Å². The van der Waals surface area contributed by atoms with Crippen LogP contribution in [0.2, 0.25) is 0 Å². The van der Waals surface area contributed by atoms with Gasteiger partial charge < -0.3 is 9.64 Å². The van der Waals surface area contributed by atoms with Crippen LogP contribution in [0.5, 0.6) is 5.75 Å². The number of methoxy groups -OCH3 is 1. The first-order valence-corrected chi connectivity index (χ1v) is 8.26. The summed E-state index contributed by atoms with van der Waals surface area (Å²) in [7, 11) is 1.64. The van der Waals surface area contributed by atoms with Crippen LogP contribution in [-0.2, 0) is 11.2 Å². The van der Waals surface area contributed by atoms with E-state index in [9.17, 15) is 4.79 Å². The van der Waals surface area contributed by atoms with Crippen LogP contribution in [0.1, 0.15) is 29.0 Å². The van der Waals surface area contributed by atoms with Crippen LogP contribution in [0.4, 0.5) is 0 Å². The summed E-state index contributed by atoms with van der Waals surface area (Å²) in [6.45, 7) is 2.89. The Hall–Kier alpha value is -2.07. The van der Waals surface area contributed by atoms with Gasteiger partial charge in [-0.2, -0.15) is 0 Å². The molecule has 0 spiro atoms. The summed E-state index contributed by atoms with van der Waals surface area (Å²) in [5.41, 5.74) is 2.26. The van der Waals surface area contributed by atoms with E-state index in [1.807, 2.05) is 35.2 Å². The highest BCUT2D eigenvalue weighted by Gasteiger charge is 2.26. The van der Waals surface area contributed by atoms with E-state index in [-0.39, 0.29) is 11.9 Å². The average Bonchev–Trinajstić information content (AvgIpc) is 3.03. The van der Waals surface area contributed by atoms with E-state index in [0.717, 1.165) is 24.3 Å². The third kappa shape index (κ3) is 2.92. The Labute approximate surface area is 134 Å². The van der Waals surface area contributed by atoms with Gasteiger partial charge in [0, 0.05) is 17.5 Å². The molecule has 1 aliphatic heterocycles. The van der Waals surface area contributed by atoms with Crippen molar-refractivity contribution < 1.29 is 9.53 Å². The van der Waals surface area contributed by atoms with Gasteiger partial charge in [0.15, 0.2) is 0 Å². The Kier molecular flexibility index (Phi) is 4.29. The van der Waals surface area contributed by atoms with Crippen molar-refractivity contribution in [2.24, 2.45) is 0 Å². The lowest BCUT2D eigenvalue weighted by atomic mass is 10.0. The highest BCUT2D eigenvalue weighted by atomic mass is 32.1. The summed E-state index contributed by atoms with van der Waals surface area (Å²) in [6.07, 6.45) is 4.46. The first kappa shape index (κ1) is 14.9. The maximum Gasteiger partial charge on any atom is 0.247 e. The Bertz CT molecular complexity index is 705. The Morgan fingerprint density at radius 3 is 3.09 bits per heavy atom. The van der Waals surface area contributed by atoms with Gasteiger partial charge >= 0.3 is 0 Å². The van der Waals surface area contributed by atoms with Crippen LogP contribution >= 0.6 is 11.3 Å². The number of thiophene rings is 1. The van der Waals surface area contributed by atoms with Crippen molar-refractivity contribution in [3.8, 4) is 5.75 Å². The van der Waals surface area contributed by atoms with E-state index in [0.29, 0.717) is 0 Å². The summed E-state index contributed by atoms with van der Waals surface area (Å²) >= 11 is 1.79. The van der Waals surface area contributed by atoms with Gasteiger partial charge in [0.1, 0.15) is 5.75 Å². The summed E-state index contributed by atoms with van der Waals surface area (Å²) in [5, 5.41) is 2.11. The van der Waals surface area contributed by atoms with Gasteiger partial charge in [-0.25, -0.2) is 0 Å². The maximum absolute atomic E-state index is 12.5. The van der Waals surface area contributed by atoms with E-state index in [4.69, 9.17) is 4.74 Å². The fourth-order valence-electron chi connectivity index (χ4n) is 2.82. The van der Waals surface area contributed by atoms with Gasteiger partial charge in [-0.15, -0.1) is 11.3 Å². The quantitative estimate of drug-likeness (QED) is 0.804. The molecule has 3 rings (SSSR count). The van der Waals surface area contributed by atoms with E-state index >= 15 is 0 Å². The Balaban J connectivity index is 1.73. The second-order valence-corrected chi connectivity index (χ2v) is 6.37. The zero-order valence-electron chi connectivity index (χ0n) is 12.8. The molecule has 1 aromatic carbocycles. The van der Waals surface area contributed by atoms with E-state index in [2.05, 4.69) is 18.4 Å². The molecule has 0 fully saturated rings. The third-order valence-electron chi connectivity index (χ3n) is 4.07. The summed E-state index contributed by atoms with van der Waals surface area (Å²) < 4.78 is 5.20. The second-order valence-electron chi connectivity index (χ2n) is 5.37. The highest BCUT2D eigenvalue weighted by molar-refractivity contribution is 7.10. The predicted octanol–water partition coefficient (Wildman–Crippen LogP) is 3.92. The van der Waals surface area contributed by atoms with Crippen molar-refractivity contribution in [2.75, 3.05) is 13.7 Å². The van der Waals surface area contributed by atoms with Crippen LogP contribution < -0.4 is 4.74 Å². The minimum Gasteiger partial charge on any atom is -0.497 e. The SMILES string of the molecule is COc1cccc(C=CC(=O)N2CCc3sccc3C2C)c1. The zero-order chi connectivity index (χ0) is 15.5. The van der Waals surface area contributed by atoms with E-state index < -0.39 is 0 Å². The zero-order valence-corrected chi connectivity index (χ0v) is 13.6. The highest BCUT2D eigenvalue weighted by Crippen LogP contribution is 2.32. The number of hydrogen-bond acceptors (Lipinski definition) is 3. The van der Waals surface area contributed by atoms with Crippen LogP contribution in [-0.4, -0.2) is 24.5 Å². The van der Waals surface area contributed by atoms with Crippen LogP contribution in [0.3, 0.4) is 0 Å². The Morgan fingerprint density at radius 1 is 1.41 bits per heavy atom. The molecule has 4 heteroatoms. The molecule has 0 bridgehead atoms. The Morgan fingerprint density at radius 2 is 2.27 bits per heavy atom. The molecule has 1 aromatic heterocycles. The lowest BCUT2D eigenvalue weighted by Gasteiger charge is -2.32. The number of benzene rings is 1. The summed E-state index contributed by atoms with van der Waals surface area (Å²) in [4.78, 5) is 15.8. The molecule has 1 atom stereocenters. The fraction of sp³-hybridized carbons (Fsp3) is 0.278. The number of carbonyl (C=O) groups excluding carboxylic acids is 1. The largest absolute Gasteiger partial charge is 0.497 e. The predicted molar refractivity (Wildman–Crippen MR) is 90.2 cm³/mol. The maximum atomic E-state index is 12.5. The van der Waals surface area contributed by atoms with Gasteiger partial charge in [0.25, 0.3) is 0 Å². The molecule has 2 aromatic rings. The molecule has 0 N–H and O–H groups in total. The van der Waals surface area contributed by atoms with E-state index in [1.165, 1.54) is 10.4 Å². The first-order valence-electron chi connectivity index (χ1n) is 7.38. The minimum atomic E-state index is 0.0622. The molecular formula is C18H19NO2S. The molecule has 114 valence electrons. The van der Waals surface area contributed by atoms with Crippen molar-refractivity contribution in [1.29, 1.82) is 0 Å². The number of fused-ring (bicyclic) bond motifs is 1. The molecular weight excluding hydrogens is 294 g/mol. The molecule has 22 heavy (non-hydrogen) atoms. The van der Waals surface area contributed by atoms with Gasteiger partial charge in [-0.05, 0) is 54.1 Å². The molecule has 0 saturated carbocycles. The molecule has 0 saturated heterocycles. The minimum absolute atomic E-state index is 0.0622. The van der Waals surface area contributed by atoms with Crippen LogP contribution in [0, 0.1) is 0 Å². The average molecular weight is 313 g/mol.